The summed E-state index contributed by atoms with van der Waals surface area (Å²) in [4.78, 5) is -0.115. The quantitative estimate of drug-likeness (QED) is 0.393. The molecule has 0 N–H and O–H groups in total. The van der Waals surface area contributed by atoms with Crippen LogP contribution in [0.15, 0.2) is 53.4 Å². The fourth-order valence-electron chi connectivity index (χ4n) is 1.64. The molecule has 1 atom stereocenters. The third-order valence-electron chi connectivity index (χ3n) is 2.46. The first-order chi connectivity index (χ1) is 8.47. The zero-order valence-corrected chi connectivity index (χ0v) is 12.6. The third kappa shape index (κ3) is 4.45. The summed E-state index contributed by atoms with van der Waals surface area (Å²) in [5, 5.41) is 1.59. The Morgan fingerprint density at radius 2 is 1.68 bits per heavy atom. The van der Waals surface area contributed by atoms with Crippen molar-refractivity contribution in [3.05, 3.63) is 54.1 Å². The van der Waals surface area contributed by atoms with Crippen LogP contribution in [0.4, 0.5) is 0 Å². The summed E-state index contributed by atoms with van der Waals surface area (Å²) in [6.07, 6.45) is 0. The van der Waals surface area contributed by atoms with Gasteiger partial charge >= 0.3 is 18.9 Å². The average molecular weight is 286 g/mol. The van der Waals surface area contributed by atoms with Crippen molar-refractivity contribution < 1.29 is 31.8 Å². The van der Waals surface area contributed by atoms with Crippen molar-refractivity contribution in [2.24, 2.45) is 0 Å². The summed E-state index contributed by atoms with van der Waals surface area (Å²) in [6, 6.07) is 14.3. The van der Waals surface area contributed by atoms with E-state index in [0.717, 1.165) is 10.9 Å². The normalized spacial score (nSPS) is 11.5. The second-order valence-electron chi connectivity index (χ2n) is 3.94. The first kappa shape index (κ1) is 16.4. The maximum Gasteiger partial charge on any atom is 1.00 e. The van der Waals surface area contributed by atoms with Crippen LogP contribution in [0.1, 0.15) is 5.56 Å². The van der Waals surface area contributed by atoms with Crippen LogP contribution in [0, 0.1) is 6.92 Å². The molecule has 2 aromatic carbocycles. The predicted molar refractivity (Wildman–Crippen MR) is 73.2 cm³/mol. The van der Waals surface area contributed by atoms with Crippen molar-refractivity contribution in [2.75, 3.05) is 0 Å². The largest absolute Gasteiger partial charge is 1.00 e. The Balaban J connectivity index is 0.00000180. The van der Waals surface area contributed by atoms with Gasteiger partial charge in [-0.1, -0.05) is 56.6 Å². The first-order valence-electron chi connectivity index (χ1n) is 5.35. The van der Waals surface area contributed by atoms with Crippen molar-refractivity contribution in [1.29, 1.82) is 0 Å². The second kappa shape index (κ2) is 6.70. The first-order valence-corrected chi connectivity index (χ1v) is 7.76. The van der Waals surface area contributed by atoms with Gasteiger partial charge in [-0.25, -0.2) is 8.42 Å². The molecule has 0 aliphatic rings. The molecule has 0 amide bonds. The van der Waals surface area contributed by atoms with E-state index in [-0.39, 0.29) is 32.3 Å². The molecule has 0 aliphatic carbocycles. The average Bonchev–Trinajstić information content (AvgIpc) is 2.28. The van der Waals surface area contributed by atoms with Crippen LogP contribution in [-0.4, -0.2) is 13.0 Å². The fraction of sp³-hybridized carbons (Fsp3) is 0.0769. The summed E-state index contributed by atoms with van der Waals surface area (Å²) in [5.74, 6) is 0. The molecule has 2 aromatic rings. The number of hydrogen-bond donors (Lipinski definition) is 0. The molecule has 0 bridgehead atoms. The van der Waals surface area contributed by atoms with Crippen LogP contribution in [-0.2, 0) is 10.1 Å². The smallest absolute Gasteiger partial charge is 0.744 e. The second-order valence-corrected chi connectivity index (χ2v) is 6.66. The van der Waals surface area contributed by atoms with Gasteiger partial charge in [0.05, 0.1) is 4.90 Å². The van der Waals surface area contributed by atoms with E-state index < -0.39 is 10.1 Å². The van der Waals surface area contributed by atoms with Crippen LogP contribution < -0.4 is 29.5 Å². The maximum atomic E-state index is 11.2. The molecule has 0 saturated heterocycles. The molecule has 0 heterocycles. The third-order valence-corrected chi connectivity index (χ3v) is 4.84. The minimum atomic E-state index is -4.41. The molecular formula is C13H12LiO3PS. The van der Waals surface area contributed by atoms with E-state index in [1.54, 1.807) is 12.1 Å². The number of hydrogen-bond acceptors (Lipinski definition) is 3. The van der Waals surface area contributed by atoms with Crippen molar-refractivity contribution in [2.45, 2.75) is 11.8 Å². The van der Waals surface area contributed by atoms with Gasteiger partial charge in [-0.05, 0) is 23.6 Å². The van der Waals surface area contributed by atoms with Gasteiger partial charge in [-0.15, -0.1) is 0 Å². The van der Waals surface area contributed by atoms with E-state index in [1.165, 1.54) is 6.07 Å². The summed E-state index contributed by atoms with van der Waals surface area (Å²) in [7, 11) is -4.25. The van der Waals surface area contributed by atoms with E-state index >= 15 is 0 Å². The van der Waals surface area contributed by atoms with Crippen molar-refractivity contribution in [3.8, 4) is 0 Å². The Labute approximate surface area is 127 Å². The zero-order chi connectivity index (χ0) is 13.2. The molecule has 0 fully saturated rings. The van der Waals surface area contributed by atoms with Gasteiger partial charge in [-0.2, -0.15) is 0 Å². The molecule has 0 radical (unpaired) electrons. The molecule has 0 saturated carbocycles. The van der Waals surface area contributed by atoms with E-state index in [1.807, 2.05) is 37.3 Å². The Morgan fingerprint density at radius 1 is 1.05 bits per heavy atom. The Morgan fingerprint density at radius 3 is 2.26 bits per heavy atom. The van der Waals surface area contributed by atoms with Gasteiger partial charge in [0.1, 0.15) is 10.1 Å². The SMILES string of the molecule is Cc1ccc(S(=O)(=O)[O-])c(Pc2ccccc2)c1.[Li+]. The fourth-order valence-corrected chi connectivity index (χ4v) is 3.90. The maximum absolute atomic E-state index is 11.2. The van der Waals surface area contributed by atoms with E-state index in [9.17, 15) is 13.0 Å². The van der Waals surface area contributed by atoms with Gasteiger partial charge in [0.15, 0.2) is 0 Å². The van der Waals surface area contributed by atoms with Crippen LogP contribution in [0.2, 0.25) is 0 Å². The minimum absolute atomic E-state index is 0. The van der Waals surface area contributed by atoms with Crippen LogP contribution >= 0.6 is 8.58 Å². The number of benzene rings is 2. The molecule has 0 aromatic heterocycles. The molecule has 0 aliphatic heterocycles. The molecular weight excluding hydrogens is 274 g/mol. The van der Waals surface area contributed by atoms with E-state index in [2.05, 4.69) is 0 Å². The molecule has 94 valence electrons. The van der Waals surface area contributed by atoms with Crippen LogP contribution in [0.3, 0.4) is 0 Å². The Bertz CT molecular complexity index is 657. The van der Waals surface area contributed by atoms with E-state index in [0.29, 0.717) is 5.30 Å². The van der Waals surface area contributed by atoms with Crippen molar-refractivity contribution in [1.82, 2.24) is 0 Å². The topological polar surface area (TPSA) is 57.2 Å². The van der Waals surface area contributed by atoms with E-state index in [4.69, 9.17) is 0 Å². The molecule has 0 spiro atoms. The monoisotopic (exact) mass is 286 g/mol. The molecule has 2 rings (SSSR count). The number of rotatable bonds is 3. The predicted octanol–water partition coefficient (Wildman–Crippen LogP) is -1.47. The molecule has 19 heavy (non-hydrogen) atoms. The van der Waals surface area contributed by atoms with Crippen molar-refractivity contribution >= 4 is 29.3 Å². The molecule has 1 unspecified atom stereocenters. The van der Waals surface area contributed by atoms with Gasteiger partial charge in [0, 0.05) is 0 Å². The zero-order valence-electron chi connectivity index (χ0n) is 10.8. The summed E-state index contributed by atoms with van der Waals surface area (Å²) in [5.41, 5.74) is 0.945. The summed E-state index contributed by atoms with van der Waals surface area (Å²) in [6.45, 7) is 1.88. The van der Waals surface area contributed by atoms with Gasteiger partial charge in [-0.3, -0.25) is 0 Å². The van der Waals surface area contributed by atoms with Gasteiger partial charge < -0.3 is 4.55 Å². The Kier molecular flexibility index (Phi) is 5.79. The molecule has 3 nitrogen and oxygen atoms in total. The molecule has 6 heteroatoms. The standard InChI is InChI=1S/C13H13O3PS.Li/c1-10-7-8-13(18(14,15)16)12(9-10)17-11-5-3-2-4-6-11;/h2-9,17H,1H3,(H,14,15,16);/q;+1/p-1. The van der Waals surface area contributed by atoms with Crippen LogP contribution in [0.25, 0.3) is 0 Å². The van der Waals surface area contributed by atoms with Gasteiger partial charge in [0.25, 0.3) is 0 Å². The van der Waals surface area contributed by atoms with Crippen molar-refractivity contribution in [3.63, 3.8) is 0 Å². The number of aryl methyl sites for hydroxylation is 1. The van der Waals surface area contributed by atoms with Crippen LogP contribution in [0.5, 0.6) is 0 Å². The summed E-state index contributed by atoms with van der Waals surface area (Å²) < 4.78 is 33.6. The Hall–Kier alpha value is -0.623. The minimum Gasteiger partial charge on any atom is -0.744 e. The summed E-state index contributed by atoms with van der Waals surface area (Å²) >= 11 is 0. The van der Waals surface area contributed by atoms with Gasteiger partial charge in [0.2, 0.25) is 0 Å².